The van der Waals surface area contributed by atoms with Gasteiger partial charge in [0, 0.05) is 16.2 Å². The van der Waals surface area contributed by atoms with E-state index in [2.05, 4.69) is 15.3 Å². The number of aromatic amines is 1. The lowest BCUT2D eigenvalue weighted by atomic mass is 10.1. The summed E-state index contributed by atoms with van der Waals surface area (Å²) in [5.74, 6) is -0.0209. The monoisotopic (exact) mass is 608 g/mol. The minimum Gasteiger partial charge on any atom is -0.491 e. The van der Waals surface area contributed by atoms with E-state index < -0.39 is 35.9 Å². The molecule has 0 bridgehead atoms. The highest BCUT2D eigenvalue weighted by Gasteiger charge is 2.46. The largest absolute Gasteiger partial charge is 0.491 e. The summed E-state index contributed by atoms with van der Waals surface area (Å²) in [6.45, 7) is 3.50. The fourth-order valence-corrected chi connectivity index (χ4v) is 4.62. The van der Waals surface area contributed by atoms with Crippen LogP contribution in [0.2, 0.25) is 0 Å². The Bertz CT molecular complexity index is 1270. The molecule has 0 spiro atoms. The van der Waals surface area contributed by atoms with Crippen LogP contribution in [0, 0.1) is 16.3 Å². The highest BCUT2D eigenvalue weighted by Crippen LogP contribution is 2.35. The number of hydrogen-bond donors (Lipinski definition) is 3. The van der Waals surface area contributed by atoms with Crippen LogP contribution in [0.3, 0.4) is 0 Å². The van der Waals surface area contributed by atoms with Gasteiger partial charge in [-0.15, -0.1) is 0 Å². The van der Waals surface area contributed by atoms with Gasteiger partial charge in [-0.3, -0.25) is 4.79 Å². The van der Waals surface area contributed by atoms with Gasteiger partial charge in [-0.1, -0.05) is 12.1 Å². The van der Waals surface area contributed by atoms with Crippen molar-refractivity contribution in [1.29, 1.82) is 0 Å². The van der Waals surface area contributed by atoms with Crippen LogP contribution in [0.1, 0.15) is 36.1 Å². The Hall–Kier alpha value is -3.03. The number of aryl methyl sites for hydroxylation is 1. The average molecular weight is 608 g/mol. The number of aromatic nitrogens is 2. The molecule has 2 aromatic carbocycles. The van der Waals surface area contributed by atoms with Crippen LogP contribution in [0.4, 0.5) is 9.18 Å². The third-order valence-corrected chi connectivity index (χ3v) is 6.69. The second-order valence-electron chi connectivity index (χ2n) is 8.32. The predicted molar refractivity (Wildman–Crippen MR) is 138 cm³/mol. The Kier molecular flexibility index (Phi) is 7.91. The van der Waals surface area contributed by atoms with Gasteiger partial charge >= 0.3 is 6.03 Å². The molecule has 1 aliphatic rings. The summed E-state index contributed by atoms with van der Waals surface area (Å²) in [7, 11) is 1.48. The van der Waals surface area contributed by atoms with Crippen LogP contribution in [0.25, 0.3) is 11.3 Å². The molecule has 11 heteroatoms. The Morgan fingerprint density at radius 3 is 2.58 bits per heavy atom. The Labute approximate surface area is 221 Å². The molecule has 3 amide bonds. The van der Waals surface area contributed by atoms with E-state index in [9.17, 15) is 14.0 Å². The fourth-order valence-electron chi connectivity index (χ4n) is 4.16. The summed E-state index contributed by atoms with van der Waals surface area (Å²) >= 11 is 2.04. The number of urea groups is 1. The van der Waals surface area contributed by atoms with Gasteiger partial charge in [-0.2, -0.15) is 0 Å². The minimum absolute atomic E-state index is 0.114. The van der Waals surface area contributed by atoms with Crippen molar-refractivity contribution in [2.45, 2.75) is 32.0 Å². The van der Waals surface area contributed by atoms with Crippen LogP contribution >= 0.6 is 22.6 Å². The summed E-state index contributed by atoms with van der Waals surface area (Å²) in [5, 5.41) is 11.6. The zero-order chi connectivity index (χ0) is 26.0. The van der Waals surface area contributed by atoms with Gasteiger partial charge in [-0.05, 0) is 72.3 Å². The maximum atomic E-state index is 14.7. The van der Waals surface area contributed by atoms with E-state index in [1.165, 1.54) is 13.2 Å². The van der Waals surface area contributed by atoms with E-state index in [0.717, 1.165) is 8.47 Å². The van der Waals surface area contributed by atoms with Crippen molar-refractivity contribution in [3.05, 3.63) is 68.9 Å². The summed E-state index contributed by atoms with van der Waals surface area (Å²) in [4.78, 5) is 35.3. The van der Waals surface area contributed by atoms with Crippen LogP contribution in [0.15, 0.2) is 42.5 Å². The van der Waals surface area contributed by atoms with Crippen molar-refractivity contribution in [3.8, 4) is 17.0 Å². The standard InChI is InChI=1S/C25H26FIN4O5/c1-13-20(18-9-6-16(27)12-19(18)26)29-23(28-13)22(14(2)35-3)31-24(33)21(30-25(31)34)15-4-7-17(8-5-15)36-11-10-32/h4-9,12,14,21-22,32H,10-11H2,1-3H3,(H,28,29)(H,30,34)/t14-,21?,22+/m1/s1. The van der Waals surface area contributed by atoms with E-state index in [1.807, 2.05) is 22.6 Å². The summed E-state index contributed by atoms with van der Waals surface area (Å²) in [6, 6.07) is 9.21. The second-order valence-corrected chi connectivity index (χ2v) is 9.57. The van der Waals surface area contributed by atoms with Crippen LogP contribution in [-0.4, -0.2) is 58.3 Å². The number of hydrogen-bond acceptors (Lipinski definition) is 6. The molecule has 1 aromatic heterocycles. The number of nitrogens with zero attached hydrogens (tertiary/aromatic N) is 2. The van der Waals surface area contributed by atoms with Crippen LogP contribution < -0.4 is 10.1 Å². The topological polar surface area (TPSA) is 117 Å². The van der Waals surface area contributed by atoms with Gasteiger partial charge in [0.25, 0.3) is 5.91 Å². The van der Waals surface area contributed by atoms with E-state index in [1.54, 1.807) is 50.2 Å². The molecule has 2 heterocycles. The lowest BCUT2D eigenvalue weighted by Gasteiger charge is -2.28. The normalized spacial score (nSPS) is 17.3. The number of imide groups is 1. The third kappa shape index (κ3) is 5.08. The molecule has 1 saturated heterocycles. The first-order valence-corrected chi connectivity index (χ1v) is 12.3. The molecule has 1 fully saturated rings. The van der Waals surface area contributed by atoms with Gasteiger partial charge in [0.2, 0.25) is 0 Å². The van der Waals surface area contributed by atoms with Gasteiger partial charge in [-0.25, -0.2) is 19.1 Å². The van der Waals surface area contributed by atoms with Crippen molar-refractivity contribution in [2.24, 2.45) is 0 Å². The Morgan fingerprint density at radius 2 is 1.94 bits per heavy atom. The molecule has 0 saturated carbocycles. The number of benzene rings is 2. The lowest BCUT2D eigenvalue weighted by Crippen LogP contribution is -2.41. The number of aliphatic hydroxyl groups is 1. The molecular formula is C25H26FIN4O5. The molecule has 0 radical (unpaired) electrons. The molecule has 4 rings (SSSR count). The number of imidazole rings is 1. The van der Waals surface area contributed by atoms with Crippen LogP contribution in [0.5, 0.6) is 5.75 Å². The smallest absolute Gasteiger partial charge is 0.325 e. The van der Waals surface area contributed by atoms with Gasteiger partial charge in [0.1, 0.15) is 36.1 Å². The van der Waals surface area contributed by atoms with Gasteiger partial charge < -0.3 is 24.9 Å². The van der Waals surface area contributed by atoms with Crippen molar-refractivity contribution in [3.63, 3.8) is 0 Å². The van der Waals surface area contributed by atoms with Crippen molar-refractivity contribution in [2.75, 3.05) is 20.3 Å². The number of aliphatic hydroxyl groups excluding tert-OH is 1. The first-order chi connectivity index (χ1) is 17.2. The zero-order valence-electron chi connectivity index (χ0n) is 19.9. The van der Waals surface area contributed by atoms with E-state index in [4.69, 9.17) is 14.6 Å². The zero-order valence-corrected chi connectivity index (χ0v) is 22.1. The Balaban J connectivity index is 1.66. The quantitative estimate of drug-likeness (QED) is 0.251. The SMILES string of the molecule is CO[C@H](C)[C@@H](c1nc(C)c(-c2ccc(I)cc2F)[nH]1)N1C(=O)NC(c2ccc(OCCO)cc2)C1=O. The number of amides is 3. The number of nitrogens with one attached hydrogen (secondary N) is 2. The fraction of sp³-hybridized carbons (Fsp3) is 0.320. The average Bonchev–Trinajstić information content (AvgIpc) is 3.37. The highest BCUT2D eigenvalue weighted by molar-refractivity contribution is 14.1. The first-order valence-electron chi connectivity index (χ1n) is 11.3. The maximum Gasteiger partial charge on any atom is 0.325 e. The van der Waals surface area contributed by atoms with E-state index in [-0.39, 0.29) is 13.2 Å². The number of ether oxygens (including phenoxy) is 2. The number of rotatable bonds is 9. The molecule has 190 valence electrons. The number of carbonyl (C=O) groups is 2. The number of carbonyl (C=O) groups excluding carboxylic acids is 2. The summed E-state index contributed by atoms with van der Waals surface area (Å²) < 4.78 is 26.3. The molecule has 1 aliphatic heterocycles. The number of halogens is 2. The number of H-pyrrole nitrogens is 1. The van der Waals surface area contributed by atoms with Crippen molar-refractivity contribution < 1.29 is 28.6 Å². The molecular weight excluding hydrogens is 582 g/mol. The number of methoxy groups -OCH3 is 1. The molecule has 0 aliphatic carbocycles. The molecule has 3 aromatic rings. The third-order valence-electron chi connectivity index (χ3n) is 6.02. The predicted octanol–water partition coefficient (Wildman–Crippen LogP) is 3.87. The highest BCUT2D eigenvalue weighted by atomic mass is 127. The molecule has 3 N–H and O–H groups in total. The molecule has 9 nitrogen and oxygen atoms in total. The van der Waals surface area contributed by atoms with Gasteiger partial charge in [0.05, 0.1) is 24.1 Å². The molecule has 3 atom stereocenters. The lowest BCUT2D eigenvalue weighted by molar-refractivity contribution is -0.131. The molecule has 1 unspecified atom stereocenters. The second kappa shape index (κ2) is 10.9. The summed E-state index contributed by atoms with van der Waals surface area (Å²) in [6.07, 6.45) is -0.604. The molecule has 36 heavy (non-hydrogen) atoms. The maximum absolute atomic E-state index is 14.7. The Morgan fingerprint density at radius 1 is 1.22 bits per heavy atom. The van der Waals surface area contributed by atoms with Crippen molar-refractivity contribution in [1.82, 2.24) is 20.2 Å². The van der Waals surface area contributed by atoms with Crippen LogP contribution in [-0.2, 0) is 9.53 Å². The first kappa shape index (κ1) is 26.0. The minimum atomic E-state index is -0.903. The summed E-state index contributed by atoms with van der Waals surface area (Å²) in [5.41, 5.74) is 1.91. The van der Waals surface area contributed by atoms with Crippen molar-refractivity contribution >= 4 is 34.5 Å². The van der Waals surface area contributed by atoms with E-state index in [0.29, 0.717) is 34.1 Å². The van der Waals surface area contributed by atoms with Gasteiger partial charge in [0.15, 0.2) is 0 Å². The van der Waals surface area contributed by atoms with E-state index >= 15 is 0 Å².